The van der Waals surface area contributed by atoms with Gasteiger partial charge in [-0.15, -0.1) is 11.3 Å². The normalized spacial score (nSPS) is 14.0. The molecule has 0 saturated carbocycles. The topological polar surface area (TPSA) is 106 Å². The highest BCUT2D eigenvalue weighted by atomic mass is 32.1. The second-order valence-corrected chi connectivity index (χ2v) is 6.29. The summed E-state index contributed by atoms with van der Waals surface area (Å²) < 4.78 is 1.59. The third-order valence-corrected chi connectivity index (χ3v) is 4.41. The van der Waals surface area contributed by atoms with Crippen molar-refractivity contribution in [1.82, 2.24) is 25.0 Å². The molecule has 2 aromatic rings. The summed E-state index contributed by atoms with van der Waals surface area (Å²) in [4.78, 5) is 29.9. The Bertz CT molecular complexity index is 737. The molecule has 0 radical (unpaired) electrons. The number of aryl methyl sites for hydroxylation is 1. The Morgan fingerprint density at radius 1 is 1.48 bits per heavy atom. The lowest BCUT2D eigenvalue weighted by Crippen LogP contribution is -2.37. The average molecular weight is 334 g/mol. The van der Waals surface area contributed by atoms with Gasteiger partial charge in [0.25, 0.3) is 11.8 Å². The number of amides is 2. The summed E-state index contributed by atoms with van der Waals surface area (Å²) in [6, 6.07) is 1.55. The van der Waals surface area contributed by atoms with Crippen LogP contribution >= 0.6 is 11.3 Å². The lowest BCUT2D eigenvalue weighted by molar-refractivity contribution is 0.0742. The van der Waals surface area contributed by atoms with Crippen molar-refractivity contribution in [3.8, 4) is 0 Å². The van der Waals surface area contributed by atoms with Crippen LogP contribution in [-0.2, 0) is 13.0 Å². The van der Waals surface area contributed by atoms with E-state index in [1.807, 2.05) is 5.38 Å². The van der Waals surface area contributed by atoms with E-state index in [-0.39, 0.29) is 17.5 Å². The van der Waals surface area contributed by atoms with Crippen LogP contribution < -0.4 is 11.1 Å². The molecule has 122 valence electrons. The fourth-order valence-electron chi connectivity index (χ4n) is 2.41. The van der Waals surface area contributed by atoms with E-state index >= 15 is 0 Å². The molecule has 0 aromatic carbocycles. The maximum Gasteiger partial charge on any atom is 0.271 e. The Balaban J connectivity index is 1.53. The van der Waals surface area contributed by atoms with Gasteiger partial charge < -0.3 is 16.0 Å². The Kier molecular flexibility index (Phi) is 4.28. The van der Waals surface area contributed by atoms with E-state index in [1.165, 1.54) is 11.3 Å². The van der Waals surface area contributed by atoms with Gasteiger partial charge in [-0.3, -0.25) is 14.3 Å². The van der Waals surface area contributed by atoms with Crippen molar-refractivity contribution in [2.24, 2.45) is 0 Å². The summed E-state index contributed by atoms with van der Waals surface area (Å²) in [5.41, 5.74) is 7.25. The van der Waals surface area contributed by atoms with E-state index in [1.54, 1.807) is 22.7 Å². The van der Waals surface area contributed by atoms with E-state index in [2.05, 4.69) is 15.4 Å². The van der Waals surface area contributed by atoms with Gasteiger partial charge in [0, 0.05) is 31.6 Å². The molecule has 1 aliphatic heterocycles. The Morgan fingerprint density at radius 2 is 2.30 bits per heavy atom. The zero-order valence-electron chi connectivity index (χ0n) is 12.8. The van der Waals surface area contributed by atoms with Gasteiger partial charge in [-0.05, 0) is 12.8 Å². The van der Waals surface area contributed by atoms with Crippen molar-refractivity contribution < 1.29 is 9.59 Å². The molecular weight excluding hydrogens is 316 g/mol. The van der Waals surface area contributed by atoms with Crippen LogP contribution in [-0.4, -0.2) is 51.6 Å². The van der Waals surface area contributed by atoms with Crippen LogP contribution in [0.5, 0.6) is 0 Å². The van der Waals surface area contributed by atoms with Crippen LogP contribution in [0, 0.1) is 0 Å². The number of nitrogens with one attached hydrogen (secondary N) is 1. The maximum absolute atomic E-state index is 12.1. The number of hydrogen-bond acceptors (Lipinski definition) is 6. The van der Waals surface area contributed by atoms with Gasteiger partial charge in [0.15, 0.2) is 10.8 Å². The van der Waals surface area contributed by atoms with Crippen LogP contribution in [0.3, 0.4) is 0 Å². The smallest absolute Gasteiger partial charge is 0.271 e. The molecule has 0 bridgehead atoms. The molecule has 0 aliphatic carbocycles. The minimum atomic E-state index is -0.264. The van der Waals surface area contributed by atoms with E-state index in [9.17, 15) is 9.59 Å². The molecule has 0 atom stereocenters. The standard InChI is InChI=1S/C14H18N6O2S/c1-19-5-6-20-11(13(19)22)7-10(18-20)12(21)16-4-2-3-9-8-23-14(15)17-9/h7-8H,2-6H2,1H3,(H2,15,17)(H,16,21). The number of fused-ring (bicyclic) bond motifs is 1. The summed E-state index contributed by atoms with van der Waals surface area (Å²) in [5.74, 6) is -0.371. The zero-order chi connectivity index (χ0) is 16.4. The van der Waals surface area contributed by atoms with Gasteiger partial charge in [-0.25, -0.2) is 4.98 Å². The minimum absolute atomic E-state index is 0.107. The van der Waals surface area contributed by atoms with Crippen molar-refractivity contribution in [3.63, 3.8) is 0 Å². The number of thiazole rings is 1. The first kappa shape index (κ1) is 15.5. The molecule has 2 aromatic heterocycles. The molecule has 0 fully saturated rings. The number of nitrogens with two attached hydrogens (primary N) is 1. The number of aromatic nitrogens is 3. The Labute approximate surface area is 137 Å². The molecule has 0 unspecified atom stereocenters. The molecule has 3 heterocycles. The van der Waals surface area contributed by atoms with E-state index in [4.69, 9.17) is 5.73 Å². The molecule has 9 heteroatoms. The lowest BCUT2D eigenvalue weighted by atomic mass is 10.2. The maximum atomic E-state index is 12.1. The molecular formula is C14H18N6O2S. The SMILES string of the molecule is CN1CCn2nc(C(=O)NCCCc3csc(N)n3)cc2C1=O. The fourth-order valence-corrected chi connectivity index (χ4v) is 3.01. The monoisotopic (exact) mass is 334 g/mol. The second-order valence-electron chi connectivity index (χ2n) is 5.40. The number of carbonyl (C=O) groups excluding carboxylic acids is 2. The molecule has 8 nitrogen and oxygen atoms in total. The summed E-state index contributed by atoms with van der Waals surface area (Å²) in [6.45, 7) is 1.73. The molecule has 2 amide bonds. The van der Waals surface area contributed by atoms with Gasteiger partial charge >= 0.3 is 0 Å². The number of carbonyl (C=O) groups is 2. The first-order valence-electron chi connectivity index (χ1n) is 7.36. The Morgan fingerprint density at radius 3 is 3.04 bits per heavy atom. The van der Waals surface area contributed by atoms with E-state index in [0.717, 1.165) is 18.5 Å². The van der Waals surface area contributed by atoms with Crippen molar-refractivity contribution in [2.45, 2.75) is 19.4 Å². The number of nitrogen functional groups attached to an aromatic ring is 1. The van der Waals surface area contributed by atoms with Crippen molar-refractivity contribution in [1.29, 1.82) is 0 Å². The summed E-state index contributed by atoms with van der Waals surface area (Å²) in [7, 11) is 1.74. The van der Waals surface area contributed by atoms with Gasteiger partial charge in [0.05, 0.1) is 12.2 Å². The van der Waals surface area contributed by atoms with Crippen LogP contribution in [0.2, 0.25) is 0 Å². The average Bonchev–Trinajstić information content (AvgIpc) is 3.14. The number of rotatable bonds is 5. The summed E-state index contributed by atoms with van der Waals surface area (Å²) in [5, 5.41) is 9.50. The first-order valence-corrected chi connectivity index (χ1v) is 8.24. The second kappa shape index (κ2) is 6.37. The molecule has 3 N–H and O–H groups in total. The molecule has 23 heavy (non-hydrogen) atoms. The van der Waals surface area contributed by atoms with Crippen LogP contribution in [0.15, 0.2) is 11.4 Å². The number of hydrogen-bond donors (Lipinski definition) is 2. The fraction of sp³-hybridized carbons (Fsp3) is 0.429. The van der Waals surface area contributed by atoms with E-state index in [0.29, 0.717) is 30.5 Å². The molecule has 3 rings (SSSR count). The van der Waals surface area contributed by atoms with Crippen LogP contribution in [0.1, 0.15) is 33.1 Å². The summed E-state index contributed by atoms with van der Waals surface area (Å²) in [6.07, 6.45) is 1.53. The van der Waals surface area contributed by atoms with Gasteiger partial charge in [0.1, 0.15) is 5.69 Å². The Hall–Kier alpha value is -2.42. The van der Waals surface area contributed by atoms with Crippen molar-refractivity contribution in [2.75, 3.05) is 25.9 Å². The van der Waals surface area contributed by atoms with Gasteiger partial charge in [-0.2, -0.15) is 5.10 Å². The number of nitrogens with zero attached hydrogens (tertiary/aromatic N) is 4. The highest BCUT2D eigenvalue weighted by molar-refractivity contribution is 7.13. The summed E-state index contributed by atoms with van der Waals surface area (Å²) >= 11 is 1.41. The minimum Gasteiger partial charge on any atom is -0.375 e. The highest BCUT2D eigenvalue weighted by Gasteiger charge is 2.25. The van der Waals surface area contributed by atoms with Crippen molar-refractivity contribution in [3.05, 3.63) is 28.5 Å². The largest absolute Gasteiger partial charge is 0.375 e. The third kappa shape index (κ3) is 3.34. The first-order chi connectivity index (χ1) is 11.0. The van der Waals surface area contributed by atoms with E-state index < -0.39 is 0 Å². The molecule has 1 aliphatic rings. The lowest BCUT2D eigenvalue weighted by Gasteiger charge is -2.22. The molecule has 0 spiro atoms. The van der Waals surface area contributed by atoms with Crippen LogP contribution in [0.25, 0.3) is 0 Å². The molecule has 0 saturated heterocycles. The zero-order valence-corrected chi connectivity index (χ0v) is 13.6. The van der Waals surface area contributed by atoms with Crippen LogP contribution in [0.4, 0.5) is 5.13 Å². The predicted octanol–water partition coefficient (Wildman–Crippen LogP) is 0.370. The quantitative estimate of drug-likeness (QED) is 0.769. The third-order valence-electron chi connectivity index (χ3n) is 3.69. The van der Waals surface area contributed by atoms with Gasteiger partial charge in [-0.1, -0.05) is 0 Å². The van der Waals surface area contributed by atoms with Crippen molar-refractivity contribution >= 4 is 28.3 Å². The van der Waals surface area contributed by atoms with Gasteiger partial charge in [0.2, 0.25) is 0 Å². The number of likely N-dealkylation sites (N-methyl/N-ethyl adjacent to an activating group) is 1. The number of anilines is 1. The predicted molar refractivity (Wildman–Crippen MR) is 86.4 cm³/mol. The highest BCUT2D eigenvalue weighted by Crippen LogP contribution is 2.13.